The van der Waals surface area contributed by atoms with Gasteiger partial charge in [0.15, 0.2) is 0 Å². The number of amides is 1. The zero-order chi connectivity index (χ0) is 23.1. The molecule has 0 bridgehead atoms. The summed E-state index contributed by atoms with van der Waals surface area (Å²) in [5.41, 5.74) is 1.14. The number of carbonyl (C=O) groups is 1. The molecule has 0 aromatic heterocycles. The average Bonchev–Trinajstić information content (AvgIpc) is 2.81. The lowest BCUT2D eigenvalue weighted by Gasteiger charge is -2.24. The topological polar surface area (TPSA) is 84.9 Å². The summed E-state index contributed by atoms with van der Waals surface area (Å²) in [5, 5.41) is 3.11. The maximum absolute atomic E-state index is 13.4. The highest BCUT2D eigenvalue weighted by molar-refractivity contribution is 7.92. The fraction of sp³-hybridized carbons (Fsp3) is 0.174. The van der Waals surface area contributed by atoms with Gasteiger partial charge in [0.1, 0.15) is 18.0 Å². The lowest BCUT2D eigenvalue weighted by Crippen LogP contribution is -2.40. The van der Waals surface area contributed by atoms with E-state index >= 15 is 0 Å². The van der Waals surface area contributed by atoms with Crippen molar-refractivity contribution in [2.24, 2.45) is 0 Å². The number of methoxy groups -OCH3 is 2. The van der Waals surface area contributed by atoms with Crippen LogP contribution in [0.5, 0.6) is 11.5 Å². The maximum Gasteiger partial charge on any atom is 0.264 e. The van der Waals surface area contributed by atoms with Gasteiger partial charge in [0, 0.05) is 11.6 Å². The first-order chi connectivity index (χ1) is 15.3. The number of benzene rings is 3. The van der Waals surface area contributed by atoms with Gasteiger partial charge < -0.3 is 14.8 Å². The van der Waals surface area contributed by atoms with Crippen LogP contribution in [0.4, 0.5) is 5.69 Å². The first-order valence-electron chi connectivity index (χ1n) is 9.65. The van der Waals surface area contributed by atoms with E-state index in [-0.39, 0.29) is 17.1 Å². The lowest BCUT2D eigenvalue weighted by molar-refractivity contribution is -0.119. The molecule has 32 heavy (non-hydrogen) atoms. The Bertz CT molecular complexity index is 1170. The van der Waals surface area contributed by atoms with Crippen molar-refractivity contribution in [3.8, 4) is 11.5 Å². The molecule has 0 unspecified atom stereocenters. The molecular weight excluding hydrogens is 452 g/mol. The molecule has 1 amide bonds. The number of rotatable bonds is 9. The fourth-order valence-electron chi connectivity index (χ4n) is 2.95. The minimum Gasteiger partial charge on any atom is -0.497 e. The second-order valence-electron chi connectivity index (χ2n) is 6.79. The summed E-state index contributed by atoms with van der Waals surface area (Å²) >= 11 is 6.08. The van der Waals surface area contributed by atoms with Gasteiger partial charge in [-0.2, -0.15) is 0 Å². The quantitative estimate of drug-likeness (QED) is 0.509. The highest BCUT2D eigenvalue weighted by Crippen LogP contribution is 2.27. The van der Waals surface area contributed by atoms with Gasteiger partial charge in [-0.3, -0.25) is 9.10 Å². The number of ether oxygens (including phenoxy) is 2. The summed E-state index contributed by atoms with van der Waals surface area (Å²) in [6.45, 7) is -0.167. The van der Waals surface area contributed by atoms with E-state index in [1.54, 1.807) is 49.6 Å². The SMILES string of the molecule is COc1ccc(CNC(=O)CN(c2cccc(Cl)c2)S(=O)(=O)c2ccc(OC)cc2)cc1. The first kappa shape index (κ1) is 23.4. The Balaban J connectivity index is 1.83. The number of nitrogens with zero attached hydrogens (tertiary/aromatic N) is 1. The summed E-state index contributed by atoms with van der Waals surface area (Å²) in [7, 11) is -0.972. The van der Waals surface area contributed by atoms with Crippen LogP contribution in [0.15, 0.2) is 77.7 Å². The smallest absolute Gasteiger partial charge is 0.264 e. The zero-order valence-electron chi connectivity index (χ0n) is 17.6. The molecule has 1 N–H and O–H groups in total. The van der Waals surface area contributed by atoms with Gasteiger partial charge >= 0.3 is 0 Å². The van der Waals surface area contributed by atoms with Gasteiger partial charge in [0.05, 0.1) is 24.8 Å². The normalized spacial score (nSPS) is 11.0. The number of sulfonamides is 1. The molecule has 168 valence electrons. The molecule has 0 radical (unpaired) electrons. The van der Waals surface area contributed by atoms with E-state index in [4.69, 9.17) is 21.1 Å². The van der Waals surface area contributed by atoms with Gasteiger partial charge in [-0.1, -0.05) is 29.8 Å². The van der Waals surface area contributed by atoms with Crippen molar-refractivity contribution in [2.75, 3.05) is 25.1 Å². The van der Waals surface area contributed by atoms with Crippen LogP contribution in [0.3, 0.4) is 0 Å². The van der Waals surface area contributed by atoms with Crippen molar-refractivity contribution in [2.45, 2.75) is 11.4 Å². The van der Waals surface area contributed by atoms with Crippen LogP contribution in [0.1, 0.15) is 5.56 Å². The molecule has 0 spiro atoms. The van der Waals surface area contributed by atoms with Crippen LogP contribution >= 0.6 is 11.6 Å². The van der Waals surface area contributed by atoms with E-state index in [0.717, 1.165) is 9.87 Å². The predicted molar refractivity (Wildman–Crippen MR) is 124 cm³/mol. The Labute approximate surface area is 192 Å². The van der Waals surface area contributed by atoms with E-state index in [2.05, 4.69) is 5.32 Å². The molecule has 0 aliphatic rings. The number of hydrogen-bond acceptors (Lipinski definition) is 5. The second-order valence-corrected chi connectivity index (χ2v) is 9.09. The number of anilines is 1. The van der Waals surface area contributed by atoms with Crippen molar-refractivity contribution >= 4 is 33.2 Å². The molecule has 7 nitrogen and oxygen atoms in total. The predicted octanol–water partition coefficient (Wildman–Crippen LogP) is 3.87. The average molecular weight is 475 g/mol. The second kappa shape index (κ2) is 10.4. The molecule has 0 aliphatic carbocycles. The van der Waals surface area contributed by atoms with Gasteiger partial charge in [0.2, 0.25) is 5.91 Å². The van der Waals surface area contributed by atoms with E-state index in [0.29, 0.717) is 16.5 Å². The van der Waals surface area contributed by atoms with Crippen LogP contribution in [0.25, 0.3) is 0 Å². The van der Waals surface area contributed by atoms with E-state index in [1.165, 1.54) is 25.3 Å². The Kier molecular flexibility index (Phi) is 7.61. The van der Waals surface area contributed by atoms with E-state index in [1.807, 2.05) is 12.1 Å². The summed E-state index contributed by atoms with van der Waals surface area (Å²) in [5.74, 6) is 0.770. The molecule has 3 aromatic carbocycles. The van der Waals surface area contributed by atoms with Crippen LogP contribution < -0.4 is 19.1 Å². The molecule has 3 aromatic rings. The Morgan fingerprint density at radius 2 is 1.53 bits per heavy atom. The Hall–Kier alpha value is -3.23. The standard InChI is InChI=1S/C23H23ClN2O5S/c1-30-20-8-6-17(7-9-20)15-25-23(27)16-26(19-5-3-4-18(24)14-19)32(28,29)22-12-10-21(31-2)11-13-22/h3-14H,15-16H2,1-2H3,(H,25,27). The molecule has 0 fully saturated rings. The summed E-state index contributed by atoms with van der Waals surface area (Å²) in [4.78, 5) is 12.7. The van der Waals surface area contributed by atoms with Crippen LogP contribution in [-0.4, -0.2) is 35.1 Å². The molecular formula is C23H23ClN2O5S. The van der Waals surface area contributed by atoms with Crippen molar-refractivity contribution in [1.29, 1.82) is 0 Å². The minimum absolute atomic E-state index is 0.0289. The Morgan fingerprint density at radius 3 is 2.09 bits per heavy atom. The largest absolute Gasteiger partial charge is 0.497 e. The van der Waals surface area contributed by atoms with Crippen molar-refractivity contribution in [3.05, 3.63) is 83.4 Å². The van der Waals surface area contributed by atoms with Gasteiger partial charge in [-0.15, -0.1) is 0 Å². The van der Waals surface area contributed by atoms with Crippen LogP contribution in [0, 0.1) is 0 Å². The highest BCUT2D eigenvalue weighted by Gasteiger charge is 2.27. The molecule has 9 heteroatoms. The maximum atomic E-state index is 13.4. The number of carbonyl (C=O) groups excluding carboxylic acids is 1. The number of halogens is 1. The minimum atomic E-state index is -4.04. The summed E-state index contributed by atoms with van der Waals surface area (Å²) in [6.07, 6.45) is 0. The van der Waals surface area contributed by atoms with Gasteiger partial charge in [-0.25, -0.2) is 8.42 Å². The highest BCUT2D eigenvalue weighted by atomic mass is 35.5. The van der Waals surface area contributed by atoms with Crippen molar-refractivity contribution in [1.82, 2.24) is 5.32 Å². The van der Waals surface area contributed by atoms with Crippen LogP contribution in [0.2, 0.25) is 5.02 Å². The van der Waals surface area contributed by atoms with Crippen LogP contribution in [-0.2, 0) is 21.4 Å². The van der Waals surface area contributed by atoms with E-state index in [9.17, 15) is 13.2 Å². The monoisotopic (exact) mass is 474 g/mol. The van der Waals surface area contributed by atoms with E-state index < -0.39 is 22.5 Å². The summed E-state index contributed by atoms with van der Waals surface area (Å²) < 4.78 is 38.0. The third-order valence-electron chi connectivity index (χ3n) is 4.68. The lowest BCUT2D eigenvalue weighted by atomic mass is 10.2. The van der Waals surface area contributed by atoms with Gasteiger partial charge in [-0.05, 0) is 60.2 Å². The first-order valence-corrected chi connectivity index (χ1v) is 11.5. The molecule has 0 aliphatic heterocycles. The van der Waals surface area contributed by atoms with Crippen molar-refractivity contribution in [3.63, 3.8) is 0 Å². The fourth-order valence-corrected chi connectivity index (χ4v) is 4.55. The molecule has 3 rings (SSSR count). The summed E-state index contributed by atoms with van der Waals surface area (Å²) in [6, 6.07) is 19.5. The van der Waals surface area contributed by atoms with Crippen molar-refractivity contribution < 1.29 is 22.7 Å². The molecule has 0 saturated carbocycles. The third kappa shape index (κ3) is 5.72. The Morgan fingerprint density at radius 1 is 0.938 bits per heavy atom. The number of hydrogen-bond donors (Lipinski definition) is 1. The molecule has 0 heterocycles. The number of nitrogens with one attached hydrogen (secondary N) is 1. The molecule has 0 saturated heterocycles. The zero-order valence-corrected chi connectivity index (χ0v) is 19.2. The molecule has 0 atom stereocenters. The third-order valence-corrected chi connectivity index (χ3v) is 6.70. The van der Waals surface area contributed by atoms with Gasteiger partial charge in [0.25, 0.3) is 10.0 Å².